The van der Waals surface area contributed by atoms with Gasteiger partial charge >= 0.3 is 5.97 Å². The van der Waals surface area contributed by atoms with Gasteiger partial charge in [-0.25, -0.2) is 4.79 Å². The molecule has 0 bridgehead atoms. The number of esters is 1. The normalized spacial score (nSPS) is 10.9. The van der Waals surface area contributed by atoms with Crippen LogP contribution in [0.25, 0.3) is 0 Å². The first-order valence-electron chi connectivity index (χ1n) is 11.0. The molecule has 0 saturated heterocycles. The molecule has 0 spiro atoms. The van der Waals surface area contributed by atoms with Crippen LogP contribution in [0.2, 0.25) is 15.1 Å². The van der Waals surface area contributed by atoms with E-state index in [0.717, 1.165) is 6.42 Å². The highest BCUT2D eigenvalue weighted by molar-refractivity contribution is 6.43. The van der Waals surface area contributed by atoms with E-state index < -0.39 is 5.97 Å². The van der Waals surface area contributed by atoms with Gasteiger partial charge in [-0.1, -0.05) is 112 Å². The summed E-state index contributed by atoms with van der Waals surface area (Å²) in [6.07, 6.45) is 14.3. The van der Waals surface area contributed by atoms with E-state index in [-0.39, 0.29) is 15.8 Å². The van der Waals surface area contributed by atoms with Crippen molar-refractivity contribution in [3.8, 4) is 5.75 Å². The Kier molecular flexibility index (Phi) is 11.7. The van der Waals surface area contributed by atoms with Crippen LogP contribution in [0.4, 0.5) is 0 Å². The average Bonchev–Trinajstić information content (AvgIpc) is 2.73. The number of aryl methyl sites for hydroxylation is 1. The van der Waals surface area contributed by atoms with Crippen molar-refractivity contribution >= 4 is 40.8 Å². The lowest BCUT2D eigenvalue weighted by Gasteiger charge is -2.08. The molecule has 0 aliphatic carbocycles. The summed E-state index contributed by atoms with van der Waals surface area (Å²) < 4.78 is 5.36. The zero-order valence-electron chi connectivity index (χ0n) is 17.7. The highest BCUT2D eigenvalue weighted by atomic mass is 35.5. The second-order valence-corrected chi connectivity index (χ2v) is 8.94. The first kappa shape index (κ1) is 25.0. The van der Waals surface area contributed by atoms with Crippen LogP contribution in [-0.2, 0) is 6.42 Å². The van der Waals surface area contributed by atoms with Crippen molar-refractivity contribution in [2.45, 2.75) is 77.6 Å². The number of rotatable bonds is 13. The Labute approximate surface area is 195 Å². The van der Waals surface area contributed by atoms with Crippen LogP contribution in [0, 0.1) is 0 Å². The monoisotopic (exact) mass is 468 g/mol. The van der Waals surface area contributed by atoms with E-state index in [1.807, 2.05) is 12.1 Å². The van der Waals surface area contributed by atoms with Crippen molar-refractivity contribution in [3.63, 3.8) is 0 Å². The summed E-state index contributed by atoms with van der Waals surface area (Å²) in [7, 11) is 0. The van der Waals surface area contributed by atoms with E-state index in [0.29, 0.717) is 10.6 Å². The summed E-state index contributed by atoms with van der Waals surface area (Å²) >= 11 is 17.9. The summed E-state index contributed by atoms with van der Waals surface area (Å²) in [5, 5.41) is 0.851. The van der Waals surface area contributed by atoms with Gasteiger partial charge in [-0.05, 0) is 36.6 Å². The first-order chi connectivity index (χ1) is 14.5. The number of halogens is 3. The predicted molar refractivity (Wildman–Crippen MR) is 128 cm³/mol. The standard InChI is InChI=1S/C25H31Cl3O2/c1-2-3-4-5-6-7-8-9-10-11-12-19-13-15-20(16-14-19)25(29)30-24-18-22(27)21(26)17-23(24)28/h13-18H,2-12H2,1H3. The van der Waals surface area contributed by atoms with Gasteiger partial charge < -0.3 is 4.74 Å². The Balaban J connectivity index is 1.68. The molecule has 0 atom stereocenters. The Morgan fingerprint density at radius 2 is 1.27 bits per heavy atom. The molecule has 0 heterocycles. The minimum absolute atomic E-state index is 0.200. The average molecular weight is 470 g/mol. The molecule has 30 heavy (non-hydrogen) atoms. The van der Waals surface area contributed by atoms with E-state index >= 15 is 0 Å². The van der Waals surface area contributed by atoms with Crippen LogP contribution in [0.1, 0.15) is 87.1 Å². The molecule has 164 valence electrons. The number of carbonyl (C=O) groups is 1. The molecule has 2 aromatic carbocycles. The summed E-state index contributed by atoms with van der Waals surface area (Å²) in [5.74, 6) is -0.272. The minimum atomic E-state index is -0.472. The smallest absolute Gasteiger partial charge is 0.343 e. The summed E-state index contributed by atoms with van der Waals surface area (Å²) in [4.78, 5) is 12.4. The van der Waals surface area contributed by atoms with Crippen molar-refractivity contribution in [1.29, 1.82) is 0 Å². The van der Waals surface area contributed by atoms with Gasteiger partial charge in [0, 0.05) is 6.07 Å². The van der Waals surface area contributed by atoms with E-state index in [9.17, 15) is 4.79 Å². The van der Waals surface area contributed by atoms with Crippen LogP contribution < -0.4 is 4.74 Å². The molecule has 0 unspecified atom stereocenters. The van der Waals surface area contributed by atoms with Crippen molar-refractivity contribution in [2.24, 2.45) is 0 Å². The third-order valence-corrected chi connectivity index (χ3v) is 6.20. The molecule has 2 nitrogen and oxygen atoms in total. The number of unbranched alkanes of at least 4 members (excludes halogenated alkanes) is 9. The largest absolute Gasteiger partial charge is 0.421 e. The maximum absolute atomic E-state index is 12.4. The molecule has 0 saturated carbocycles. The Morgan fingerprint density at radius 3 is 1.87 bits per heavy atom. The third kappa shape index (κ3) is 8.88. The molecule has 0 aliphatic heterocycles. The van der Waals surface area contributed by atoms with Gasteiger partial charge in [0.2, 0.25) is 0 Å². The Morgan fingerprint density at radius 1 is 0.733 bits per heavy atom. The van der Waals surface area contributed by atoms with Crippen LogP contribution in [0.3, 0.4) is 0 Å². The molecule has 0 aromatic heterocycles. The van der Waals surface area contributed by atoms with Crippen molar-refractivity contribution in [2.75, 3.05) is 0 Å². The Bertz CT molecular complexity index is 788. The molecule has 0 fully saturated rings. The van der Waals surface area contributed by atoms with Crippen LogP contribution in [0.15, 0.2) is 36.4 Å². The number of carbonyl (C=O) groups excluding carboxylic acids is 1. The lowest BCUT2D eigenvalue weighted by Crippen LogP contribution is -2.08. The quantitative estimate of drug-likeness (QED) is 0.126. The van der Waals surface area contributed by atoms with Gasteiger partial charge in [0.1, 0.15) is 0 Å². The van der Waals surface area contributed by atoms with Crippen molar-refractivity contribution in [3.05, 3.63) is 62.6 Å². The zero-order valence-corrected chi connectivity index (χ0v) is 20.0. The summed E-state index contributed by atoms with van der Waals surface area (Å²) in [5.41, 5.74) is 1.71. The number of hydrogen-bond acceptors (Lipinski definition) is 2. The van der Waals surface area contributed by atoms with Gasteiger partial charge in [0.05, 0.1) is 20.6 Å². The molecule has 0 amide bonds. The SMILES string of the molecule is CCCCCCCCCCCCc1ccc(C(=O)Oc2cc(Cl)c(Cl)cc2Cl)cc1. The molecule has 0 radical (unpaired) electrons. The van der Waals surface area contributed by atoms with Crippen LogP contribution in [0.5, 0.6) is 5.75 Å². The second kappa shape index (κ2) is 14.0. The summed E-state index contributed by atoms with van der Waals surface area (Å²) in [6, 6.07) is 10.5. The topological polar surface area (TPSA) is 26.3 Å². The molecule has 5 heteroatoms. The molecule has 2 rings (SSSR count). The van der Waals surface area contributed by atoms with Crippen LogP contribution in [-0.4, -0.2) is 5.97 Å². The van der Waals surface area contributed by atoms with Crippen molar-refractivity contribution in [1.82, 2.24) is 0 Å². The maximum Gasteiger partial charge on any atom is 0.343 e. The molecular formula is C25H31Cl3O2. The van der Waals surface area contributed by atoms with E-state index in [2.05, 4.69) is 6.92 Å². The number of ether oxygens (including phenoxy) is 1. The highest BCUT2D eigenvalue weighted by Crippen LogP contribution is 2.34. The fourth-order valence-corrected chi connectivity index (χ4v) is 3.94. The molecule has 0 N–H and O–H groups in total. The minimum Gasteiger partial charge on any atom is -0.421 e. The lowest BCUT2D eigenvalue weighted by molar-refractivity contribution is 0.0735. The van der Waals surface area contributed by atoms with Gasteiger partial charge in [0.15, 0.2) is 5.75 Å². The second-order valence-electron chi connectivity index (χ2n) is 7.72. The zero-order chi connectivity index (χ0) is 21.8. The molecule has 0 aliphatic rings. The van der Waals surface area contributed by atoms with Gasteiger partial charge in [-0.3, -0.25) is 0 Å². The van der Waals surface area contributed by atoms with E-state index in [1.165, 1.54) is 81.9 Å². The Hall–Kier alpha value is -1.22. The summed E-state index contributed by atoms with van der Waals surface area (Å²) in [6.45, 7) is 2.26. The fraction of sp³-hybridized carbons (Fsp3) is 0.480. The van der Waals surface area contributed by atoms with Gasteiger partial charge in [-0.15, -0.1) is 0 Å². The number of benzene rings is 2. The number of hydrogen-bond donors (Lipinski definition) is 0. The lowest BCUT2D eigenvalue weighted by atomic mass is 10.0. The third-order valence-electron chi connectivity index (χ3n) is 5.19. The van der Waals surface area contributed by atoms with Crippen LogP contribution >= 0.6 is 34.8 Å². The maximum atomic E-state index is 12.4. The predicted octanol–water partition coefficient (Wildman–Crippen LogP) is 9.33. The van der Waals surface area contributed by atoms with E-state index in [4.69, 9.17) is 39.5 Å². The molecular weight excluding hydrogens is 439 g/mol. The molecule has 2 aromatic rings. The van der Waals surface area contributed by atoms with Gasteiger partial charge in [0.25, 0.3) is 0 Å². The van der Waals surface area contributed by atoms with Crippen molar-refractivity contribution < 1.29 is 9.53 Å². The van der Waals surface area contributed by atoms with E-state index in [1.54, 1.807) is 12.1 Å². The van der Waals surface area contributed by atoms with Gasteiger partial charge in [-0.2, -0.15) is 0 Å². The fourth-order valence-electron chi connectivity index (χ4n) is 3.37. The first-order valence-corrected chi connectivity index (χ1v) is 12.1. The highest BCUT2D eigenvalue weighted by Gasteiger charge is 2.13.